The van der Waals surface area contributed by atoms with Gasteiger partial charge in [-0.25, -0.2) is 4.79 Å². The predicted octanol–water partition coefficient (Wildman–Crippen LogP) is 2.99. The molecule has 0 spiro atoms. The van der Waals surface area contributed by atoms with E-state index < -0.39 is 5.97 Å². The molecule has 0 unspecified atom stereocenters. The minimum atomic E-state index is -0.624. The maximum atomic E-state index is 12.2. The minimum absolute atomic E-state index is 0.0874. The molecule has 1 aromatic rings. The Labute approximate surface area is 126 Å². The van der Waals surface area contributed by atoms with E-state index in [9.17, 15) is 9.59 Å². The van der Waals surface area contributed by atoms with Crippen LogP contribution in [0.3, 0.4) is 0 Å². The van der Waals surface area contributed by atoms with Gasteiger partial charge in [0.2, 0.25) is 5.76 Å². The van der Waals surface area contributed by atoms with Crippen LogP contribution in [0.5, 0.6) is 0 Å². The van der Waals surface area contributed by atoms with Crippen molar-refractivity contribution in [3.05, 3.63) is 22.6 Å². The SMILES string of the molecule is C[C@@H]1CCC[C@H](C)N1C(=O)COC(=O)c1ccc(Br)o1. The highest BCUT2D eigenvalue weighted by Gasteiger charge is 2.29. The van der Waals surface area contributed by atoms with Crippen molar-refractivity contribution in [2.24, 2.45) is 0 Å². The number of likely N-dealkylation sites (tertiary alicyclic amines) is 1. The summed E-state index contributed by atoms with van der Waals surface area (Å²) >= 11 is 3.11. The van der Waals surface area contributed by atoms with Crippen LogP contribution in [0.2, 0.25) is 0 Å². The van der Waals surface area contributed by atoms with Crippen LogP contribution in [0.15, 0.2) is 21.2 Å². The van der Waals surface area contributed by atoms with Crippen LogP contribution in [-0.4, -0.2) is 35.5 Å². The Kier molecular flexibility index (Phi) is 4.86. The number of hydrogen-bond donors (Lipinski definition) is 0. The highest BCUT2D eigenvalue weighted by molar-refractivity contribution is 9.10. The highest BCUT2D eigenvalue weighted by atomic mass is 79.9. The lowest BCUT2D eigenvalue weighted by Gasteiger charge is -2.38. The summed E-state index contributed by atoms with van der Waals surface area (Å²) in [5.41, 5.74) is 0. The lowest BCUT2D eigenvalue weighted by Crippen LogP contribution is -2.49. The summed E-state index contributed by atoms with van der Waals surface area (Å²) in [5, 5.41) is 0. The van der Waals surface area contributed by atoms with E-state index in [0.29, 0.717) is 4.67 Å². The molecule has 5 nitrogen and oxygen atoms in total. The maximum absolute atomic E-state index is 12.2. The molecule has 1 saturated heterocycles. The Morgan fingerprint density at radius 1 is 1.35 bits per heavy atom. The molecule has 0 aromatic carbocycles. The van der Waals surface area contributed by atoms with Gasteiger partial charge in [-0.15, -0.1) is 0 Å². The van der Waals surface area contributed by atoms with Gasteiger partial charge in [0, 0.05) is 12.1 Å². The van der Waals surface area contributed by atoms with Crippen molar-refractivity contribution < 1.29 is 18.7 Å². The summed E-state index contributed by atoms with van der Waals surface area (Å²) in [5.74, 6) is -0.686. The standard InChI is InChI=1S/C14H18BrNO4/c1-9-4-3-5-10(2)16(9)13(17)8-19-14(18)11-6-7-12(15)20-11/h6-7,9-10H,3-5,8H2,1-2H3/t9-,10+. The molecule has 110 valence electrons. The van der Waals surface area contributed by atoms with E-state index in [-0.39, 0.29) is 30.4 Å². The van der Waals surface area contributed by atoms with Crippen molar-refractivity contribution in [3.8, 4) is 0 Å². The van der Waals surface area contributed by atoms with Crippen LogP contribution < -0.4 is 0 Å². The van der Waals surface area contributed by atoms with Gasteiger partial charge in [0.15, 0.2) is 11.3 Å². The molecule has 1 amide bonds. The fraction of sp³-hybridized carbons (Fsp3) is 0.571. The van der Waals surface area contributed by atoms with Crippen LogP contribution in [0.25, 0.3) is 0 Å². The molecule has 2 heterocycles. The Balaban J connectivity index is 1.90. The fourth-order valence-corrected chi connectivity index (χ4v) is 2.92. The van der Waals surface area contributed by atoms with Crippen LogP contribution >= 0.6 is 15.9 Å². The first-order valence-electron chi connectivity index (χ1n) is 6.72. The second-order valence-electron chi connectivity index (χ2n) is 5.11. The first-order valence-corrected chi connectivity index (χ1v) is 7.52. The molecule has 0 N–H and O–H groups in total. The van der Waals surface area contributed by atoms with Crippen molar-refractivity contribution in [3.63, 3.8) is 0 Å². The summed E-state index contributed by atoms with van der Waals surface area (Å²) in [4.78, 5) is 25.7. The monoisotopic (exact) mass is 343 g/mol. The van der Waals surface area contributed by atoms with E-state index in [0.717, 1.165) is 19.3 Å². The van der Waals surface area contributed by atoms with Gasteiger partial charge in [0.05, 0.1) is 0 Å². The lowest BCUT2D eigenvalue weighted by molar-refractivity contribution is -0.140. The number of esters is 1. The lowest BCUT2D eigenvalue weighted by atomic mass is 9.97. The average molecular weight is 344 g/mol. The van der Waals surface area contributed by atoms with E-state index in [2.05, 4.69) is 15.9 Å². The molecule has 0 radical (unpaired) electrons. The van der Waals surface area contributed by atoms with E-state index in [4.69, 9.17) is 9.15 Å². The maximum Gasteiger partial charge on any atom is 0.374 e. The van der Waals surface area contributed by atoms with Gasteiger partial charge in [0.25, 0.3) is 5.91 Å². The Bertz CT molecular complexity index is 489. The summed E-state index contributed by atoms with van der Waals surface area (Å²) < 4.78 is 10.5. The largest absolute Gasteiger partial charge is 0.450 e. The number of furan rings is 1. The third kappa shape index (κ3) is 3.42. The second kappa shape index (κ2) is 6.43. The predicted molar refractivity (Wildman–Crippen MR) is 76.3 cm³/mol. The number of rotatable bonds is 3. The number of carbonyl (C=O) groups excluding carboxylic acids is 2. The number of carbonyl (C=O) groups is 2. The molecule has 6 heteroatoms. The smallest absolute Gasteiger partial charge is 0.374 e. The number of hydrogen-bond acceptors (Lipinski definition) is 4. The van der Waals surface area contributed by atoms with Crippen LogP contribution in [0.1, 0.15) is 43.7 Å². The molecule has 1 fully saturated rings. The fourth-order valence-electron chi connectivity index (χ4n) is 2.61. The van der Waals surface area contributed by atoms with Gasteiger partial charge in [0.1, 0.15) is 0 Å². The third-order valence-electron chi connectivity index (χ3n) is 3.58. The first-order chi connectivity index (χ1) is 9.49. The van der Waals surface area contributed by atoms with E-state index >= 15 is 0 Å². The molecule has 0 bridgehead atoms. The summed E-state index contributed by atoms with van der Waals surface area (Å²) in [6.45, 7) is 3.81. The Morgan fingerprint density at radius 2 is 2.00 bits per heavy atom. The zero-order chi connectivity index (χ0) is 14.7. The van der Waals surface area contributed by atoms with Gasteiger partial charge in [-0.3, -0.25) is 4.79 Å². The van der Waals surface area contributed by atoms with Crippen molar-refractivity contribution in [2.75, 3.05) is 6.61 Å². The average Bonchev–Trinajstić information content (AvgIpc) is 2.82. The molecule has 0 saturated carbocycles. The molecule has 2 rings (SSSR count). The van der Waals surface area contributed by atoms with Crippen LogP contribution in [0.4, 0.5) is 0 Å². The van der Waals surface area contributed by atoms with Crippen molar-refractivity contribution in [2.45, 2.75) is 45.2 Å². The van der Waals surface area contributed by atoms with E-state index in [1.807, 2.05) is 18.7 Å². The first kappa shape index (κ1) is 15.1. The second-order valence-corrected chi connectivity index (χ2v) is 5.89. The molecule has 1 aliphatic rings. The zero-order valence-corrected chi connectivity index (χ0v) is 13.2. The molecule has 1 aliphatic heterocycles. The van der Waals surface area contributed by atoms with Gasteiger partial charge < -0.3 is 14.1 Å². The highest BCUT2D eigenvalue weighted by Crippen LogP contribution is 2.22. The minimum Gasteiger partial charge on any atom is -0.450 e. The third-order valence-corrected chi connectivity index (χ3v) is 4.01. The van der Waals surface area contributed by atoms with Gasteiger partial charge in [-0.05, 0) is 61.2 Å². The number of amides is 1. The number of halogens is 1. The Hall–Kier alpha value is -1.30. The van der Waals surface area contributed by atoms with Crippen molar-refractivity contribution in [1.29, 1.82) is 0 Å². The normalized spacial score (nSPS) is 22.6. The van der Waals surface area contributed by atoms with Crippen LogP contribution in [-0.2, 0) is 9.53 Å². The molecule has 2 atom stereocenters. The van der Waals surface area contributed by atoms with Gasteiger partial charge in [-0.1, -0.05) is 0 Å². The summed E-state index contributed by atoms with van der Waals surface area (Å²) in [6.07, 6.45) is 3.12. The molecular weight excluding hydrogens is 326 g/mol. The quantitative estimate of drug-likeness (QED) is 0.791. The van der Waals surface area contributed by atoms with Gasteiger partial charge in [-0.2, -0.15) is 0 Å². The molecule has 20 heavy (non-hydrogen) atoms. The molecular formula is C14H18BrNO4. The summed E-state index contributed by atoms with van der Waals surface area (Å²) in [6, 6.07) is 3.50. The number of nitrogens with zero attached hydrogens (tertiary/aromatic N) is 1. The van der Waals surface area contributed by atoms with E-state index in [1.165, 1.54) is 6.07 Å². The van der Waals surface area contributed by atoms with E-state index in [1.54, 1.807) is 6.07 Å². The van der Waals surface area contributed by atoms with Crippen LogP contribution in [0, 0.1) is 0 Å². The topological polar surface area (TPSA) is 59.8 Å². The van der Waals surface area contributed by atoms with Crippen molar-refractivity contribution >= 4 is 27.8 Å². The molecule has 0 aliphatic carbocycles. The zero-order valence-electron chi connectivity index (χ0n) is 11.6. The molecule has 1 aromatic heterocycles. The number of ether oxygens (including phenoxy) is 1. The summed E-state index contributed by atoms with van der Waals surface area (Å²) in [7, 11) is 0. The van der Waals surface area contributed by atoms with Gasteiger partial charge >= 0.3 is 5.97 Å². The number of piperidine rings is 1. The van der Waals surface area contributed by atoms with Crippen molar-refractivity contribution in [1.82, 2.24) is 4.90 Å². The Morgan fingerprint density at radius 3 is 2.55 bits per heavy atom.